The fourth-order valence-electron chi connectivity index (χ4n) is 1.95. The van der Waals surface area contributed by atoms with Crippen LogP contribution in [-0.4, -0.2) is 64.7 Å². The molecule has 0 rings (SSSR count). The molecular weight excluding hydrogens is 380 g/mol. The fraction of sp³-hybridized carbons (Fsp3) is 0.526. The van der Waals surface area contributed by atoms with E-state index in [0.717, 1.165) is 4.90 Å². The summed E-state index contributed by atoms with van der Waals surface area (Å²) in [5.74, 6) is -1.24. The van der Waals surface area contributed by atoms with Crippen LogP contribution in [0.2, 0.25) is 0 Å². The molecule has 0 aromatic rings. The summed E-state index contributed by atoms with van der Waals surface area (Å²) in [6.45, 7) is 10.6. The Kier molecular flexibility index (Phi) is 10.5. The Morgan fingerprint density at radius 2 is 1.41 bits per heavy atom. The van der Waals surface area contributed by atoms with Crippen LogP contribution in [0, 0.1) is 0 Å². The van der Waals surface area contributed by atoms with Gasteiger partial charge in [0, 0.05) is 38.9 Å². The van der Waals surface area contributed by atoms with Crippen molar-refractivity contribution in [1.29, 1.82) is 0 Å². The molecule has 0 bridgehead atoms. The molecular formula is C19H30N4O6. The van der Waals surface area contributed by atoms with Gasteiger partial charge in [-0.15, -0.1) is 0 Å². The first kappa shape index (κ1) is 26.0. The number of rotatable bonds is 12. The Morgan fingerprint density at radius 3 is 1.83 bits per heavy atom. The molecule has 0 saturated carbocycles. The lowest BCUT2D eigenvalue weighted by Gasteiger charge is -2.22. The van der Waals surface area contributed by atoms with Crippen LogP contribution in [0.5, 0.6) is 0 Å². The number of allylic oxidation sites excluding steroid dienone is 2. The number of amides is 4. The van der Waals surface area contributed by atoms with Crippen molar-refractivity contribution in [2.75, 3.05) is 19.6 Å². The summed E-state index contributed by atoms with van der Waals surface area (Å²) in [5, 5.41) is 14.4. The molecule has 0 unspecified atom stereocenters. The molecule has 0 radical (unpaired) electrons. The molecule has 0 aliphatic heterocycles. The van der Waals surface area contributed by atoms with Gasteiger partial charge in [-0.1, -0.05) is 13.2 Å². The van der Waals surface area contributed by atoms with E-state index in [2.05, 4.69) is 23.8 Å². The average Bonchev–Trinajstić information content (AvgIpc) is 2.60. The third kappa shape index (κ3) is 10.2. The largest absolute Gasteiger partial charge is 0.396 e. The zero-order valence-corrected chi connectivity index (χ0v) is 17.2. The van der Waals surface area contributed by atoms with Gasteiger partial charge in [0.25, 0.3) is 0 Å². The van der Waals surface area contributed by atoms with Crippen molar-refractivity contribution < 1.29 is 29.1 Å². The van der Waals surface area contributed by atoms with E-state index in [4.69, 9.17) is 5.73 Å². The third-order valence-corrected chi connectivity index (χ3v) is 3.83. The van der Waals surface area contributed by atoms with E-state index in [0.29, 0.717) is 5.57 Å². The van der Waals surface area contributed by atoms with Crippen LogP contribution in [0.3, 0.4) is 0 Å². The molecule has 0 saturated heterocycles. The van der Waals surface area contributed by atoms with Crippen LogP contribution in [0.15, 0.2) is 24.4 Å². The Morgan fingerprint density at radius 1 is 0.931 bits per heavy atom. The first-order chi connectivity index (χ1) is 13.3. The van der Waals surface area contributed by atoms with Gasteiger partial charge in [0.1, 0.15) is 5.60 Å². The minimum Gasteiger partial charge on any atom is -0.396 e. The Hall–Kier alpha value is -3.01. The van der Waals surface area contributed by atoms with Gasteiger partial charge in [0.15, 0.2) is 17.3 Å². The van der Waals surface area contributed by atoms with Gasteiger partial charge in [-0.2, -0.15) is 0 Å². The molecule has 0 atom stereocenters. The predicted octanol–water partition coefficient (Wildman–Crippen LogP) is 0.405. The second kappa shape index (κ2) is 11.7. The zero-order valence-electron chi connectivity index (χ0n) is 17.2. The van der Waals surface area contributed by atoms with Crippen molar-refractivity contribution in [3.05, 3.63) is 24.4 Å². The number of ketones is 3. The Labute approximate surface area is 170 Å². The smallest absolute Gasteiger partial charge is 0.325 e. The van der Waals surface area contributed by atoms with Crippen LogP contribution >= 0.6 is 0 Å². The summed E-state index contributed by atoms with van der Waals surface area (Å²) < 4.78 is 0. The molecule has 29 heavy (non-hydrogen) atoms. The molecule has 0 aliphatic rings. The second-order valence-electron chi connectivity index (χ2n) is 7.00. The van der Waals surface area contributed by atoms with Crippen LogP contribution in [-0.2, 0) is 14.4 Å². The number of carbonyl (C=O) groups excluding carboxylic acids is 5. The van der Waals surface area contributed by atoms with Gasteiger partial charge in [0.05, 0.1) is 5.70 Å². The molecule has 162 valence electrons. The van der Waals surface area contributed by atoms with Crippen molar-refractivity contribution in [2.24, 2.45) is 5.73 Å². The number of carbonyl (C=O) groups is 5. The number of aliphatic hydroxyl groups is 1. The minimum absolute atomic E-state index is 0.00908. The quantitative estimate of drug-likeness (QED) is 0.339. The van der Waals surface area contributed by atoms with Crippen molar-refractivity contribution in [2.45, 2.75) is 45.6 Å². The number of nitrogens with zero attached hydrogens (tertiary/aromatic N) is 1. The highest BCUT2D eigenvalue weighted by atomic mass is 16.3. The van der Waals surface area contributed by atoms with E-state index in [9.17, 15) is 29.1 Å². The molecule has 10 heteroatoms. The van der Waals surface area contributed by atoms with Crippen molar-refractivity contribution in [3.63, 3.8) is 0 Å². The Balaban J connectivity index is 4.91. The first-order valence-electron chi connectivity index (χ1n) is 9.02. The monoisotopic (exact) mass is 410 g/mol. The molecule has 5 N–H and O–H groups in total. The summed E-state index contributed by atoms with van der Waals surface area (Å²) in [4.78, 5) is 60.3. The standard InChI is InChI=1S/C19H30N4O6/c1-12(2)14(24)6-9-21-17(27)23(11-8-15(25)13(3)20)18(28)22-10-7-16(26)19(4,5)29/h29H,1,3,6-11,20H2,2,4-5H3,(H,21,27)(H,22,28). The number of nitrogens with two attached hydrogens (primary N) is 1. The van der Waals surface area contributed by atoms with E-state index in [-0.39, 0.29) is 50.4 Å². The topological polar surface area (TPSA) is 159 Å². The fourth-order valence-corrected chi connectivity index (χ4v) is 1.95. The maximum Gasteiger partial charge on any atom is 0.325 e. The summed E-state index contributed by atoms with van der Waals surface area (Å²) in [5.41, 5.74) is 3.91. The average molecular weight is 410 g/mol. The van der Waals surface area contributed by atoms with Crippen LogP contribution < -0.4 is 16.4 Å². The van der Waals surface area contributed by atoms with Gasteiger partial charge in [0.2, 0.25) is 0 Å². The van der Waals surface area contributed by atoms with Gasteiger partial charge < -0.3 is 21.5 Å². The first-order valence-corrected chi connectivity index (χ1v) is 9.02. The molecule has 0 heterocycles. The summed E-state index contributed by atoms with van der Waals surface area (Å²) in [6.07, 6.45) is -0.366. The molecule has 0 aliphatic carbocycles. The zero-order chi connectivity index (χ0) is 22.8. The van der Waals surface area contributed by atoms with Gasteiger partial charge in [-0.25, -0.2) is 14.5 Å². The summed E-state index contributed by atoms with van der Waals surface area (Å²) in [7, 11) is 0. The summed E-state index contributed by atoms with van der Waals surface area (Å²) in [6, 6.07) is -1.66. The predicted molar refractivity (Wildman–Crippen MR) is 107 cm³/mol. The van der Waals surface area contributed by atoms with E-state index < -0.39 is 29.2 Å². The van der Waals surface area contributed by atoms with Crippen molar-refractivity contribution >= 4 is 29.4 Å². The molecule has 10 nitrogen and oxygen atoms in total. The number of urea groups is 2. The lowest BCUT2D eigenvalue weighted by Crippen LogP contribution is -2.50. The third-order valence-electron chi connectivity index (χ3n) is 3.83. The molecule has 0 aromatic heterocycles. The number of hydrogen-bond donors (Lipinski definition) is 4. The SMILES string of the molecule is C=C(C)C(=O)CCNC(=O)N(CCC(=O)C(=C)N)C(=O)NCCC(=O)C(C)(C)O. The second-order valence-corrected chi connectivity index (χ2v) is 7.00. The summed E-state index contributed by atoms with van der Waals surface area (Å²) >= 11 is 0. The van der Waals surface area contributed by atoms with E-state index in [1.54, 1.807) is 6.92 Å². The van der Waals surface area contributed by atoms with Crippen LogP contribution in [0.1, 0.15) is 40.0 Å². The highest BCUT2D eigenvalue weighted by Crippen LogP contribution is 2.05. The lowest BCUT2D eigenvalue weighted by molar-refractivity contribution is -0.133. The van der Waals surface area contributed by atoms with Crippen molar-refractivity contribution in [1.82, 2.24) is 15.5 Å². The van der Waals surface area contributed by atoms with E-state index in [1.165, 1.54) is 13.8 Å². The lowest BCUT2D eigenvalue weighted by atomic mass is 10.0. The molecule has 0 spiro atoms. The van der Waals surface area contributed by atoms with Crippen molar-refractivity contribution in [3.8, 4) is 0 Å². The van der Waals surface area contributed by atoms with E-state index >= 15 is 0 Å². The number of nitrogens with one attached hydrogen (secondary N) is 2. The number of imide groups is 1. The molecule has 4 amide bonds. The van der Waals surface area contributed by atoms with Gasteiger partial charge in [-0.05, 0) is 26.3 Å². The molecule has 0 fully saturated rings. The maximum atomic E-state index is 12.3. The number of hydrogen-bond acceptors (Lipinski definition) is 7. The maximum absolute atomic E-state index is 12.3. The van der Waals surface area contributed by atoms with Crippen LogP contribution in [0.25, 0.3) is 0 Å². The minimum atomic E-state index is -1.54. The highest BCUT2D eigenvalue weighted by molar-refractivity contribution is 5.97. The number of Topliss-reactive ketones (excluding diaryl/α,β-unsaturated/α-hetero) is 3. The van der Waals surface area contributed by atoms with Gasteiger partial charge in [-0.3, -0.25) is 14.4 Å². The van der Waals surface area contributed by atoms with Gasteiger partial charge >= 0.3 is 12.1 Å². The van der Waals surface area contributed by atoms with Crippen LogP contribution in [0.4, 0.5) is 9.59 Å². The molecule has 0 aromatic carbocycles. The normalized spacial score (nSPS) is 10.6. The van der Waals surface area contributed by atoms with E-state index in [1.807, 2.05) is 0 Å². The Bertz CT molecular complexity index is 693. The highest BCUT2D eigenvalue weighted by Gasteiger charge is 2.25.